The summed E-state index contributed by atoms with van der Waals surface area (Å²) in [6.07, 6.45) is 0. The first-order valence-corrected chi connectivity index (χ1v) is 4.16. The first kappa shape index (κ1) is 10.8. The minimum atomic E-state index is -0.751. The van der Waals surface area contributed by atoms with E-state index in [0.29, 0.717) is 11.4 Å². The van der Waals surface area contributed by atoms with E-state index in [1.807, 2.05) is 0 Å². The predicted molar refractivity (Wildman–Crippen MR) is 57.0 cm³/mol. The first-order chi connectivity index (χ1) is 7.11. The Balaban J connectivity index is 2.82. The van der Waals surface area contributed by atoms with Crippen LogP contribution in [0, 0.1) is 0 Å². The van der Waals surface area contributed by atoms with Gasteiger partial charge < -0.3 is 16.2 Å². The zero-order chi connectivity index (χ0) is 11.3. The maximum absolute atomic E-state index is 10.4. The minimum absolute atomic E-state index is 0.0595. The van der Waals surface area contributed by atoms with Crippen molar-refractivity contribution < 1.29 is 9.53 Å². The molecule has 5 N–H and O–H groups in total. The Hall–Kier alpha value is -2.24. The lowest BCUT2D eigenvalue weighted by Gasteiger charge is -2.02. The molecule has 0 atom stereocenters. The number of nitrogens with zero attached hydrogens (tertiary/aromatic N) is 1. The molecule has 0 unspecified atom stereocenters. The summed E-state index contributed by atoms with van der Waals surface area (Å²) in [5, 5.41) is 2.15. The number of methoxy groups -OCH3 is 1. The van der Waals surface area contributed by atoms with Crippen LogP contribution in [0.3, 0.4) is 0 Å². The molecule has 1 aromatic carbocycles. The highest BCUT2D eigenvalue weighted by molar-refractivity contribution is 5.95. The van der Waals surface area contributed by atoms with Gasteiger partial charge in [-0.15, -0.1) is 0 Å². The smallest absolute Gasteiger partial charge is 0.318 e. The molecule has 1 rings (SSSR count). The molecular weight excluding hydrogens is 196 g/mol. The van der Waals surface area contributed by atoms with Gasteiger partial charge in [0.25, 0.3) is 0 Å². The molecule has 6 heteroatoms. The van der Waals surface area contributed by atoms with Gasteiger partial charge in [-0.25, -0.2) is 9.79 Å². The first-order valence-electron chi connectivity index (χ1n) is 4.16. The third-order valence-corrected chi connectivity index (χ3v) is 1.55. The summed E-state index contributed by atoms with van der Waals surface area (Å²) in [5.74, 6) is 0.596. The largest absolute Gasteiger partial charge is 0.497 e. The van der Waals surface area contributed by atoms with Crippen LogP contribution >= 0.6 is 0 Å². The van der Waals surface area contributed by atoms with Crippen molar-refractivity contribution in [2.24, 2.45) is 16.5 Å². The van der Waals surface area contributed by atoms with E-state index in [1.165, 1.54) is 0 Å². The molecule has 0 spiro atoms. The highest BCUT2D eigenvalue weighted by atomic mass is 16.5. The Kier molecular flexibility index (Phi) is 3.50. The number of nitrogens with one attached hydrogen (secondary N) is 1. The number of guanidine groups is 1. The summed E-state index contributed by atoms with van der Waals surface area (Å²) >= 11 is 0. The van der Waals surface area contributed by atoms with Gasteiger partial charge in [-0.2, -0.15) is 0 Å². The standard InChI is InChI=1S/C9H12N4O2/c1-15-7-4-2-3-6(5-7)12-8(10)13-9(11)14/h2-5H,1H3,(H5,10,11,12,13,14). The van der Waals surface area contributed by atoms with Crippen LogP contribution in [0.5, 0.6) is 5.75 Å². The number of nitrogens with two attached hydrogens (primary N) is 2. The van der Waals surface area contributed by atoms with Crippen LogP contribution in [0.4, 0.5) is 10.5 Å². The van der Waals surface area contributed by atoms with E-state index >= 15 is 0 Å². The normalized spacial score (nSPS) is 10.9. The molecule has 0 bridgehead atoms. The van der Waals surface area contributed by atoms with Gasteiger partial charge in [-0.3, -0.25) is 5.32 Å². The van der Waals surface area contributed by atoms with Gasteiger partial charge in [0.2, 0.25) is 5.96 Å². The molecule has 0 fully saturated rings. The van der Waals surface area contributed by atoms with Gasteiger partial charge in [-0.05, 0) is 12.1 Å². The monoisotopic (exact) mass is 208 g/mol. The number of hydrogen-bond acceptors (Lipinski definition) is 3. The quantitative estimate of drug-likeness (QED) is 0.481. The fourth-order valence-electron chi connectivity index (χ4n) is 0.973. The average molecular weight is 208 g/mol. The lowest BCUT2D eigenvalue weighted by atomic mass is 10.3. The van der Waals surface area contributed by atoms with Crippen LogP contribution < -0.4 is 21.5 Å². The highest BCUT2D eigenvalue weighted by Crippen LogP contribution is 2.18. The number of carbonyl (C=O) groups is 1. The van der Waals surface area contributed by atoms with E-state index in [2.05, 4.69) is 10.3 Å². The van der Waals surface area contributed by atoms with E-state index < -0.39 is 6.03 Å². The van der Waals surface area contributed by atoms with Gasteiger partial charge in [0.15, 0.2) is 0 Å². The highest BCUT2D eigenvalue weighted by Gasteiger charge is 1.97. The number of benzene rings is 1. The molecule has 0 radical (unpaired) electrons. The molecule has 0 saturated carbocycles. The maximum atomic E-state index is 10.4. The topological polar surface area (TPSA) is 103 Å². The fraction of sp³-hybridized carbons (Fsp3) is 0.111. The second-order valence-corrected chi connectivity index (χ2v) is 2.69. The molecule has 0 aromatic heterocycles. The van der Waals surface area contributed by atoms with Gasteiger partial charge in [0.05, 0.1) is 12.8 Å². The number of urea groups is 1. The van der Waals surface area contributed by atoms with Crippen LogP contribution in [0.15, 0.2) is 29.3 Å². The van der Waals surface area contributed by atoms with E-state index in [4.69, 9.17) is 16.2 Å². The Labute approximate surface area is 86.9 Å². The van der Waals surface area contributed by atoms with Gasteiger partial charge in [0.1, 0.15) is 5.75 Å². The molecule has 6 nitrogen and oxygen atoms in total. The average Bonchev–Trinajstić information content (AvgIpc) is 2.16. The summed E-state index contributed by atoms with van der Waals surface area (Å²) in [6.45, 7) is 0. The lowest BCUT2D eigenvalue weighted by molar-refractivity contribution is 0.253. The Morgan fingerprint density at radius 2 is 2.20 bits per heavy atom. The fourth-order valence-corrected chi connectivity index (χ4v) is 0.973. The van der Waals surface area contributed by atoms with Gasteiger partial charge >= 0.3 is 6.03 Å². The molecule has 0 aliphatic carbocycles. The molecule has 0 aliphatic rings. The van der Waals surface area contributed by atoms with Gasteiger partial charge in [-0.1, -0.05) is 6.07 Å². The maximum Gasteiger partial charge on any atom is 0.318 e. The van der Waals surface area contributed by atoms with Crippen LogP contribution in [-0.4, -0.2) is 19.1 Å². The molecule has 80 valence electrons. The number of rotatable bonds is 2. The summed E-state index contributed by atoms with van der Waals surface area (Å²) in [5.41, 5.74) is 10.8. The molecule has 15 heavy (non-hydrogen) atoms. The third-order valence-electron chi connectivity index (χ3n) is 1.55. The number of hydrogen-bond donors (Lipinski definition) is 3. The van der Waals surface area contributed by atoms with Crippen molar-refractivity contribution in [2.45, 2.75) is 0 Å². The summed E-state index contributed by atoms with van der Waals surface area (Å²) < 4.78 is 5.00. The Morgan fingerprint density at radius 1 is 1.47 bits per heavy atom. The van der Waals surface area contributed by atoms with Crippen LogP contribution in [-0.2, 0) is 0 Å². The number of ether oxygens (including phenoxy) is 1. The minimum Gasteiger partial charge on any atom is -0.497 e. The van der Waals surface area contributed by atoms with E-state index in [0.717, 1.165) is 0 Å². The van der Waals surface area contributed by atoms with Crippen molar-refractivity contribution in [1.82, 2.24) is 5.32 Å². The van der Waals surface area contributed by atoms with Crippen molar-refractivity contribution >= 4 is 17.7 Å². The summed E-state index contributed by atoms with van der Waals surface area (Å²) in [4.78, 5) is 14.4. The summed E-state index contributed by atoms with van der Waals surface area (Å²) in [6, 6.07) is 6.18. The molecule has 2 amide bonds. The van der Waals surface area contributed by atoms with Crippen molar-refractivity contribution in [2.75, 3.05) is 7.11 Å². The summed E-state index contributed by atoms with van der Waals surface area (Å²) in [7, 11) is 1.55. The predicted octanol–water partition coefficient (Wildman–Crippen LogP) is 0.310. The SMILES string of the molecule is COc1cccc(N=C(N)NC(N)=O)c1. The number of carbonyl (C=O) groups excluding carboxylic acids is 1. The number of primary amides is 1. The number of amides is 2. The second kappa shape index (κ2) is 4.85. The molecule has 1 aromatic rings. The number of aliphatic imine (C=N–C) groups is 1. The van der Waals surface area contributed by atoms with Crippen molar-refractivity contribution in [1.29, 1.82) is 0 Å². The van der Waals surface area contributed by atoms with Crippen molar-refractivity contribution in [3.05, 3.63) is 24.3 Å². The molecule has 0 aliphatic heterocycles. The Bertz CT molecular complexity index is 389. The van der Waals surface area contributed by atoms with Crippen molar-refractivity contribution in [3.8, 4) is 5.75 Å². The van der Waals surface area contributed by atoms with E-state index in [-0.39, 0.29) is 5.96 Å². The van der Waals surface area contributed by atoms with Crippen molar-refractivity contribution in [3.63, 3.8) is 0 Å². The molecule has 0 heterocycles. The second-order valence-electron chi connectivity index (χ2n) is 2.69. The molecular formula is C9H12N4O2. The zero-order valence-electron chi connectivity index (χ0n) is 8.23. The van der Waals surface area contributed by atoms with Crippen LogP contribution in [0.1, 0.15) is 0 Å². The zero-order valence-corrected chi connectivity index (χ0v) is 8.23. The molecule has 0 saturated heterocycles. The van der Waals surface area contributed by atoms with E-state index in [9.17, 15) is 4.79 Å². The Morgan fingerprint density at radius 3 is 2.80 bits per heavy atom. The van der Waals surface area contributed by atoms with Crippen LogP contribution in [0.25, 0.3) is 0 Å². The van der Waals surface area contributed by atoms with Gasteiger partial charge in [0, 0.05) is 6.07 Å². The third kappa shape index (κ3) is 3.55. The lowest BCUT2D eigenvalue weighted by Crippen LogP contribution is -2.39. The van der Waals surface area contributed by atoms with E-state index in [1.54, 1.807) is 31.4 Å². The van der Waals surface area contributed by atoms with Crippen LogP contribution in [0.2, 0.25) is 0 Å².